The van der Waals surface area contributed by atoms with E-state index in [0.717, 1.165) is 31.0 Å². The zero-order valence-corrected chi connectivity index (χ0v) is 10.0. The van der Waals surface area contributed by atoms with Crippen molar-refractivity contribution in [1.29, 1.82) is 0 Å². The number of nitrogens with one attached hydrogen (secondary N) is 1. The van der Waals surface area contributed by atoms with Crippen LogP contribution in [0.3, 0.4) is 0 Å². The Balaban J connectivity index is 2.37. The largest absolute Gasteiger partial charge is 0.396 e. The van der Waals surface area contributed by atoms with Crippen molar-refractivity contribution in [2.24, 2.45) is 5.92 Å². The summed E-state index contributed by atoms with van der Waals surface area (Å²) in [6, 6.07) is 3.91. The SMILES string of the molecule is CCC(CCO)CNCc1ccc(F)c(F)c1. The normalized spacial score (nSPS) is 12.7. The topological polar surface area (TPSA) is 32.3 Å². The van der Waals surface area contributed by atoms with E-state index in [1.165, 1.54) is 6.07 Å². The minimum atomic E-state index is -0.819. The first-order chi connectivity index (χ1) is 8.17. The number of hydrogen-bond donors (Lipinski definition) is 2. The van der Waals surface area contributed by atoms with Crippen molar-refractivity contribution < 1.29 is 13.9 Å². The average Bonchev–Trinajstić information content (AvgIpc) is 2.32. The van der Waals surface area contributed by atoms with Gasteiger partial charge in [-0.15, -0.1) is 0 Å². The molecule has 1 aromatic rings. The van der Waals surface area contributed by atoms with E-state index in [9.17, 15) is 8.78 Å². The van der Waals surface area contributed by atoms with Crippen molar-refractivity contribution in [2.75, 3.05) is 13.2 Å². The van der Waals surface area contributed by atoms with Crippen molar-refractivity contribution in [3.63, 3.8) is 0 Å². The van der Waals surface area contributed by atoms with Crippen LogP contribution in [0.5, 0.6) is 0 Å². The Bertz CT molecular complexity index is 344. The van der Waals surface area contributed by atoms with E-state index in [0.29, 0.717) is 12.5 Å². The van der Waals surface area contributed by atoms with E-state index in [2.05, 4.69) is 12.2 Å². The minimum Gasteiger partial charge on any atom is -0.396 e. The van der Waals surface area contributed by atoms with E-state index in [1.807, 2.05) is 0 Å². The average molecular weight is 243 g/mol. The molecule has 1 aromatic carbocycles. The highest BCUT2D eigenvalue weighted by Gasteiger charge is 2.06. The van der Waals surface area contributed by atoms with Crippen LogP contribution >= 0.6 is 0 Å². The third-order valence-corrected chi connectivity index (χ3v) is 2.86. The fraction of sp³-hybridized carbons (Fsp3) is 0.538. The molecular formula is C13H19F2NO. The maximum Gasteiger partial charge on any atom is 0.159 e. The molecule has 0 saturated heterocycles. The number of hydrogen-bond acceptors (Lipinski definition) is 2. The fourth-order valence-corrected chi connectivity index (χ4v) is 1.70. The highest BCUT2D eigenvalue weighted by molar-refractivity contribution is 5.17. The monoisotopic (exact) mass is 243 g/mol. The molecule has 96 valence electrons. The Labute approximate surface area is 101 Å². The molecule has 0 aliphatic rings. The van der Waals surface area contributed by atoms with Gasteiger partial charge in [-0.3, -0.25) is 0 Å². The standard InChI is InChI=1S/C13H19F2NO/c1-2-10(5-6-17)8-16-9-11-3-4-12(14)13(15)7-11/h3-4,7,10,16-17H,2,5-6,8-9H2,1H3. The lowest BCUT2D eigenvalue weighted by molar-refractivity contribution is 0.251. The third kappa shape index (κ3) is 4.79. The summed E-state index contributed by atoms with van der Waals surface area (Å²) in [6.45, 7) is 3.54. The Morgan fingerprint density at radius 3 is 2.65 bits per heavy atom. The van der Waals surface area contributed by atoms with Crippen LogP contribution in [0.4, 0.5) is 8.78 Å². The summed E-state index contributed by atoms with van der Waals surface area (Å²) in [4.78, 5) is 0. The lowest BCUT2D eigenvalue weighted by Gasteiger charge is -2.14. The third-order valence-electron chi connectivity index (χ3n) is 2.86. The van der Waals surface area contributed by atoms with Gasteiger partial charge in [-0.05, 0) is 36.6 Å². The van der Waals surface area contributed by atoms with Gasteiger partial charge in [0.1, 0.15) is 0 Å². The molecule has 4 heteroatoms. The maximum absolute atomic E-state index is 12.9. The van der Waals surface area contributed by atoms with Crippen molar-refractivity contribution in [2.45, 2.75) is 26.3 Å². The van der Waals surface area contributed by atoms with Gasteiger partial charge in [0.05, 0.1) is 0 Å². The van der Waals surface area contributed by atoms with Gasteiger partial charge >= 0.3 is 0 Å². The Morgan fingerprint density at radius 2 is 2.06 bits per heavy atom. The van der Waals surface area contributed by atoms with Crippen molar-refractivity contribution in [1.82, 2.24) is 5.32 Å². The molecule has 0 aromatic heterocycles. The van der Waals surface area contributed by atoms with E-state index < -0.39 is 11.6 Å². The van der Waals surface area contributed by atoms with Gasteiger partial charge in [0, 0.05) is 13.2 Å². The molecule has 0 fully saturated rings. The molecule has 1 rings (SSSR count). The van der Waals surface area contributed by atoms with Crippen LogP contribution in [0.1, 0.15) is 25.3 Å². The Hall–Kier alpha value is -1.00. The summed E-state index contributed by atoms with van der Waals surface area (Å²) in [5, 5.41) is 12.0. The molecule has 0 saturated carbocycles. The van der Waals surface area contributed by atoms with Crippen molar-refractivity contribution >= 4 is 0 Å². The molecule has 0 bridgehead atoms. The van der Waals surface area contributed by atoms with Gasteiger partial charge in [-0.2, -0.15) is 0 Å². The second kappa shape index (κ2) is 7.35. The summed E-state index contributed by atoms with van der Waals surface area (Å²) in [7, 11) is 0. The lowest BCUT2D eigenvalue weighted by atomic mass is 10.0. The molecular weight excluding hydrogens is 224 g/mol. The smallest absolute Gasteiger partial charge is 0.159 e. The highest BCUT2D eigenvalue weighted by Crippen LogP contribution is 2.09. The number of aliphatic hydroxyl groups excluding tert-OH is 1. The number of halogens is 2. The van der Waals surface area contributed by atoms with Crippen molar-refractivity contribution in [3.8, 4) is 0 Å². The van der Waals surface area contributed by atoms with Gasteiger partial charge in [-0.25, -0.2) is 8.78 Å². The van der Waals surface area contributed by atoms with Crippen LogP contribution in [-0.4, -0.2) is 18.3 Å². The molecule has 2 nitrogen and oxygen atoms in total. The van der Waals surface area contributed by atoms with Gasteiger partial charge < -0.3 is 10.4 Å². The van der Waals surface area contributed by atoms with Crippen LogP contribution < -0.4 is 5.32 Å². The van der Waals surface area contributed by atoms with Crippen LogP contribution in [0, 0.1) is 17.6 Å². The molecule has 2 N–H and O–H groups in total. The Morgan fingerprint density at radius 1 is 1.29 bits per heavy atom. The van der Waals surface area contributed by atoms with Crippen LogP contribution in [-0.2, 0) is 6.54 Å². The van der Waals surface area contributed by atoms with Gasteiger partial charge in [-0.1, -0.05) is 19.4 Å². The highest BCUT2D eigenvalue weighted by atomic mass is 19.2. The first-order valence-electron chi connectivity index (χ1n) is 5.92. The molecule has 0 spiro atoms. The summed E-state index contributed by atoms with van der Waals surface area (Å²) < 4.78 is 25.6. The lowest BCUT2D eigenvalue weighted by Crippen LogP contribution is -2.23. The molecule has 1 unspecified atom stereocenters. The van der Waals surface area contributed by atoms with Crippen LogP contribution in [0.2, 0.25) is 0 Å². The Kier molecular flexibility index (Phi) is 6.08. The van der Waals surface area contributed by atoms with Gasteiger partial charge in [0.15, 0.2) is 11.6 Å². The van der Waals surface area contributed by atoms with E-state index >= 15 is 0 Å². The summed E-state index contributed by atoms with van der Waals surface area (Å²) in [5.41, 5.74) is 0.725. The zero-order chi connectivity index (χ0) is 12.7. The first kappa shape index (κ1) is 14.1. The van der Waals surface area contributed by atoms with Crippen molar-refractivity contribution in [3.05, 3.63) is 35.4 Å². The summed E-state index contributed by atoms with van der Waals surface area (Å²) in [5.74, 6) is -1.21. The van der Waals surface area contributed by atoms with Crippen LogP contribution in [0.15, 0.2) is 18.2 Å². The molecule has 0 amide bonds. The number of rotatable bonds is 7. The molecule has 0 aliphatic heterocycles. The zero-order valence-electron chi connectivity index (χ0n) is 10.0. The van der Waals surface area contributed by atoms with E-state index in [-0.39, 0.29) is 6.61 Å². The summed E-state index contributed by atoms with van der Waals surface area (Å²) >= 11 is 0. The van der Waals surface area contributed by atoms with E-state index in [1.54, 1.807) is 6.07 Å². The second-order valence-electron chi connectivity index (χ2n) is 4.17. The number of benzene rings is 1. The minimum absolute atomic E-state index is 0.186. The van der Waals surface area contributed by atoms with Gasteiger partial charge in [0.2, 0.25) is 0 Å². The molecule has 17 heavy (non-hydrogen) atoms. The van der Waals surface area contributed by atoms with Gasteiger partial charge in [0.25, 0.3) is 0 Å². The first-order valence-corrected chi connectivity index (χ1v) is 5.92. The molecule has 0 heterocycles. The molecule has 0 aliphatic carbocycles. The molecule has 1 atom stereocenters. The summed E-state index contributed by atoms with van der Waals surface area (Å²) in [6.07, 6.45) is 1.76. The number of aliphatic hydroxyl groups is 1. The quantitative estimate of drug-likeness (QED) is 0.771. The fourth-order valence-electron chi connectivity index (χ4n) is 1.70. The predicted octanol–water partition coefficient (Wildman–Crippen LogP) is 2.46. The second-order valence-corrected chi connectivity index (χ2v) is 4.17. The van der Waals surface area contributed by atoms with Crippen LogP contribution in [0.25, 0.3) is 0 Å². The van der Waals surface area contributed by atoms with E-state index in [4.69, 9.17) is 5.11 Å². The predicted molar refractivity (Wildman–Crippen MR) is 63.5 cm³/mol. The molecule has 0 radical (unpaired) electrons. The maximum atomic E-state index is 12.9.